The number of fused-ring (bicyclic) bond motifs is 1. The molecule has 82 valence electrons. The van der Waals surface area contributed by atoms with E-state index in [9.17, 15) is 19.7 Å². The van der Waals surface area contributed by atoms with Gasteiger partial charge in [0.15, 0.2) is 0 Å². The molecule has 0 spiro atoms. The summed E-state index contributed by atoms with van der Waals surface area (Å²) in [5.41, 5.74) is 0.163. The largest absolute Gasteiger partial charge is 0.275 e. The van der Waals surface area contributed by atoms with Gasteiger partial charge in [0.2, 0.25) is 0 Å². The number of nitro benzene ring substituents is 1. The molecule has 0 aromatic heterocycles. The third-order valence-electron chi connectivity index (χ3n) is 2.48. The van der Waals surface area contributed by atoms with Crippen LogP contribution in [0.2, 0.25) is 0 Å². The van der Waals surface area contributed by atoms with Crippen molar-refractivity contribution in [2.45, 2.75) is 6.92 Å². The Labute approximate surface area is 90.6 Å². The number of carbonyl (C=O) groups excluding carboxylic acids is 2. The molecule has 1 heterocycles. The quantitative estimate of drug-likeness (QED) is 0.426. The second kappa shape index (κ2) is 3.41. The maximum atomic E-state index is 11.7. The Morgan fingerprint density at radius 3 is 2.44 bits per heavy atom. The fraction of sp³-hybridized carbons (Fsp3) is 0.200. The highest BCUT2D eigenvalue weighted by Crippen LogP contribution is 2.26. The van der Waals surface area contributed by atoms with Crippen molar-refractivity contribution >= 4 is 17.5 Å². The van der Waals surface area contributed by atoms with Gasteiger partial charge >= 0.3 is 0 Å². The summed E-state index contributed by atoms with van der Waals surface area (Å²) < 4.78 is 0. The van der Waals surface area contributed by atoms with E-state index in [2.05, 4.69) is 0 Å². The van der Waals surface area contributed by atoms with Crippen LogP contribution in [0.1, 0.15) is 27.6 Å². The first kappa shape index (κ1) is 10.3. The van der Waals surface area contributed by atoms with Gasteiger partial charge in [0.05, 0.1) is 16.1 Å². The number of hydrogen-bond donors (Lipinski definition) is 0. The van der Waals surface area contributed by atoms with Gasteiger partial charge in [-0.3, -0.25) is 24.6 Å². The predicted molar refractivity (Wildman–Crippen MR) is 54.1 cm³/mol. The second-order valence-electron chi connectivity index (χ2n) is 3.34. The molecular formula is C10H8N2O4. The van der Waals surface area contributed by atoms with Gasteiger partial charge in [0.1, 0.15) is 0 Å². The van der Waals surface area contributed by atoms with Gasteiger partial charge in [0.25, 0.3) is 17.5 Å². The van der Waals surface area contributed by atoms with Crippen molar-refractivity contribution in [3.63, 3.8) is 0 Å². The van der Waals surface area contributed by atoms with Crippen molar-refractivity contribution in [2.24, 2.45) is 0 Å². The number of hydrogen-bond acceptors (Lipinski definition) is 4. The zero-order chi connectivity index (χ0) is 11.9. The Morgan fingerprint density at radius 2 is 1.88 bits per heavy atom. The van der Waals surface area contributed by atoms with Crippen molar-refractivity contribution in [2.75, 3.05) is 6.54 Å². The molecule has 6 heteroatoms. The normalized spacial score (nSPS) is 14.2. The molecule has 0 N–H and O–H groups in total. The van der Waals surface area contributed by atoms with Crippen LogP contribution in [0.5, 0.6) is 0 Å². The average Bonchev–Trinajstić information content (AvgIpc) is 2.51. The van der Waals surface area contributed by atoms with Crippen LogP contribution in [-0.2, 0) is 0 Å². The van der Waals surface area contributed by atoms with Crippen molar-refractivity contribution in [3.8, 4) is 0 Å². The molecule has 6 nitrogen and oxygen atoms in total. The highest BCUT2D eigenvalue weighted by Gasteiger charge is 2.35. The molecule has 0 bridgehead atoms. The lowest BCUT2D eigenvalue weighted by Crippen LogP contribution is -2.29. The van der Waals surface area contributed by atoms with Crippen LogP contribution >= 0.6 is 0 Å². The molecule has 1 aromatic carbocycles. The van der Waals surface area contributed by atoms with Crippen LogP contribution in [-0.4, -0.2) is 28.2 Å². The summed E-state index contributed by atoms with van der Waals surface area (Å²) in [5, 5.41) is 10.5. The minimum Gasteiger partial charge on any atom is -0.275 e. The van der Waals surface area contributed by atoms with Crippen LogP contribution < -0.4 is 0 Å². The molecule has 1 aliphatic heterocycles. The maximum Gasteiger partial charge on any atom is 0.270 e. The first-order valence-corrected chi connectivity index (χ1v) is 4.71. The molecule has 16 heavy (non-hydrogen) atoms. The van der Waals surface area contributed by atoms with Crippen molar-refractivity contribution in [1.82, 2.24) is 4.90 Å². The standard InChI is InChI=1S/C10H8N2O4/c1-2-11-9(13)7-4-3-6(12(15)16)5-8(7)10(11)14/h3-5H,2H2,1H3. The number of nitro groups is 1. The monoisotopic (exact) mass is 220 g/mol. The van der Waals surface area contributed by atoms with E-state index in [1.54, 1.807) is 6.92 Å². The minimum atomic E-state index is -0.591. The smallest absolute Gasteiger partial charge is 0.270 e. The molecule has 0 radical (unpaired) electrons. The molecule has 0 atom stereocenters. The van der Waals surface area contributed by atoms with E-state index in [4.69, 9.17) is 0 Å². The molecule has 0 aliphatic carbocycles. The fourth-order valence-corrected chi connectivity index (χ4v) is 1.68. The van der Waals surface area contributed by atoms with Crippen LogP contribution in [0, 0.1) is 10.1 Å². The first-order chi connectivity index (χ1) is 7.56. The highest BCUT2D eigenvalue weighted by atomic mass is 16.6. The van der Waals surface area contributed by atoms with Gasteiger partial charge < -0.3 is 0 Å². The number of carbonyl (C=O) groups is 2. The van der Waals surface area contributed by atoms with E-state index in [1.165, 1.54) is 12.1 Å². The van der Waals surface area contributed by atoms with Crippen molar-refractivity contribution < 1.29 is 14.5 Å². The topological polar surface area (TPSA) is 80.5 Å². The van der Waals surface area contributed by atoms with Gasteiger partial charge in [-0.15, -0.1) is 0 Å². The SMILES string of the molecule is CCN1C(=O)c2ccc([N+](=O)[O-])cc2C1=O. The lowest BCUT2D eigenvalue weighted by Gasteiger charge is -2.08. The van der Waals surface area contributed by atoms with Crippen LogP contribution in [0.25, 0.3) is 0 Å². The fourth-order valence-electron chi connectivity index (χ4n) is 1.68. The maximum absolute atomic E-state index is 11.7. The Kier molecular flexibility index (Phi) is 2.19. The predicted octanol–water partition coefficient (Wildman–Crippen LogP) is 1.21. The molecule has 1 aliphatic rings. The summed E-state index contributed by atoms with van der Waals surface area (Å²) in [7, 11) is 0. The lowest BCUT2D eigenvalue weighted by atomic mass is 10.1. The summed E-state index contributed by atoms with van der Waals surface area (Å²) in [6.45, 7) is 1.94. The zero-order valence-corrected chi connectivity index (χ0v) is 8.47. The number of rotatable bonds is 2. The van der Waals surface area contributed by atoms with E-state index < -0.39 is 16.7 Å². The Balaban J connectivity index is 2.56. The van der Waals surface area contributed by atoms with Crippen molar-refractivity contribution in [3.05, 3.63) is 39.4 Å². The molecular weight excluding hydrogens is 212 g/mol. The number of amides is 2. The number of imide groups is 1. The number of non-ortho nitro benzene ring substituents is 1. The molecule has 1 aromatic rings. The van der Waals surface area contributed by atoms with Gasteiger partial charge in [-0.1, -0.05) is 0 Å². The molecule has 2 rings (SSSR count). The lowest BCUT2D eigenvalue weighted by molar-refractivity contribution is -0.384. The Bertz CT molecular complexity index is 510. The van der Waals surface area contributed by atoms with Gasteiger partial charge in [-0.05, 0) is 13.0 Å². The Hall–Kier alpha value is -2.24. The average molecular weight is 220 g/mol. The molecule has 2 amide bonds. The summed E-state index contributed by atoms with van der Waals surface area (Å²) in [6.07, 6.45) is 0. The zero-order valence-electron chi connectivity index (χ0n) is 8.47. The minimum absolute atomic E-state index is 0.112. The van der Waals surface area contributed by atoms with E-state index in [0.717, 1.165) is 11.0 Å². The molecule has 0 saturated carbocycles. The van der Waals surface area contributed by atoms with Gasteiger partial charge in [-0.25, -0.2) is 0 Å². The third kappa shape index (κ3) is 1.27. The number of nitrogens with zero attached hydrogens (tertiary/aromatic N) is 2. The molecule has 0 saturated heterocycles. The van der Waals surface area contributed by atoms with E-state index in [0.29, 0.717) is 0 Å². The van der Waals surface area contributed by atoms with Gasteiger partial charge in [0, 0.05) is 18.7 Å². The van der Waals surface area contributed by atoms with Crippen molar-refractivity contribution in [1.29, 1.82) is 0 Å². The van der Waals surface area contributed by atoms with Gasteiger partial charge in [-0.2, -0.15) is 0 Å². The second-order valence-corrected chi connectivity index (χ2v) is 3.34. The van der Waals surface area contributed by atoms with E-state index in [1.807, 2.05) is 0 Å². The highest BCUT2D eigenvalue weighted by molar-refractivity contribution is 6.21. The Morgan fingerprint density at radius 1 is 1.25 bits per heavy atom. The van der Waals surface area contributed by atoms with Crippen LogP contribution in [0.3, 0.4) is 0 Å². The van der Waals surface area contributed by atoms with Crippen LogP contribution in [0.15, 0.2) is 18.2 Å². The first-order valence-electron chi connectivity index (χ1n) is 4.71. The summed E-state index contributed by atoms with van der Waals surface area (Å²) in [6, 6.07) is 3.69. The molecule has 0 fully saturated rings. The summed E-state index contributed by atoms with van der Waals surface area (Å²) in [4.78, 5) is 34.4. The van der Waals surface area contributed by atoms with E-state index in [-0.39, 0.29) is 23.4 Å². The molecule has 0 unspecified atom stereocenters. The summed E-state index contributed by atoms with van der Waals surface area (Å²) in [5.74, 6) is -0.858. The van der Waals surface area contributed by atoms with E-state index >= 15 is 0 Å². The summed E-state index contributed by atoms with van der Waals surface area (Å²) >= 11 is 0. The van der Waals surface area contributed by atoms with Crippen LogP contribution in [0.4, 0.5) is 5.69 Å². The number of benzene rings is 1. The third-order valence-corrected chi connectivity index (χ3v) is 2.48.